The Balaban J connectivity index is 1.90. The number of anilines is 1. The Kier molecular flexibility index (Phi) is 2.72. The van der Waals surface area contributed by atoms with Gasteiger partial charge in [0, 0.05) is 17.3 Å². The minimum Gasteiger partial charge on any atom is -0.370 e. The summed E-state index contributed by atoms with van der Waals surface area (Å²) in [6.07, 6.45) is 7.61. The highest BCUT2D eigenvalue weighted by Gasteiger charge is 2.26. The zero-order valence-electron chi connectivity index (χ0n) is 11.3. The van der Waals surface area contributed by atoms with Gasteiger partial charge in [0.25, 0.3) is 0 Å². The highest BCUT2D eigenvalue weighted by Crippen LogP contribution is 2.42. The van der Waals surface area contributed by atoms with Crippen molar-refractivity contribution in [1.29, 1.82) is 0 Å². The smallest absolute Gasteiger partial charge is 0.138 e. The number of nitrogens with one attached hydrogen (secondary N) is 1. The van der Waals surface area contributed by atoms with Gasteiger partial charge in [0.15, 0.2) is 0 Å². The third kappa shape index (κ3) is 1.76. The molecule has 4 rings (SSSR count). The summed E-state index contributed by atoms with van der Waals surface area (Å²) in [5.41, 5.74) is 1.52. The molecule has 4 heteroatoms. The molecule has 2 aromatic heterocycles. The molecule has 19 heavy (non-hydrogen) atoms. The van der Waals surface area contributed by atoms with Crippen LogP contribution in [0.4, 0.5) is 5.82 Å². The Hall–Kier alpha value is -1.16. The predicted molar refractivity (Wildman–Crippen MR) is 80.2 cm³/mol. The van der Waals surface area contributed by atoms with Crippen molar-refractivity contribution in [3.63, 3.8) is 0 Å². The maximum absolute atomic E-state index is 4.87. The molecule has 2 aliphatic rings. The van der Waals surface area contributed by atoms with Crippen molar-refractivity contribution < 1.29 is 0 Å². The summed E-state index contributed by atoms with van der Waals surface area (Å²) in [5, 5.41) is 4.79. The van der Waals surface area contributed by atoms with E-state index in [-0.39, 0.29) is 0 Å². The number of rotatable bonds is 3. The minimum atomic E-state index is 0.610. The van der Waals surface area contributed by atoms with E-state index in [1.807, 2.05) is 11.3 Å². The maximum atomic E-state index is 4.87. The van der Waals surface area contributed by atoms with Crippen LogP contribution in [0, 0.1) is 0 Å². The third-order valence-electron chi connectivity index (χ3n) is 4.40. The van der Waals surface area contributed by atoms with E-state index >= 15 is 0 Å². The van der Waals surface area contributed by atoms with Crippen molar-refractivity contribution in [2.24, 2.45) is 0 Å². The molecular weight excluding hydrogens is 254 g/mol. The largest absolute Gasteiger partial charge is 0.370 e. The lowest BCUT2D eigenvalue weighted by Gasteiger charge is -2.24. The van der Waals surface area contributed by atoms with Crippen molar-refractivity contribution >= 4 is 27.4 Å². The van der Waals surface area contributed by atoms with Crippen LogP contribution in [0.2, 0.25) is 0 Å². The average Bonchev–Trinajstić information content (AvgIpc) is 2.86. The second-order valence-corrected chi connectivity index (χ2v) is 6.71. The van der Waals surface area contributed by atoms with Crippen molar-refractivity contribution in [2.75, 3.05) is 11.9 Å². The summed E-state index contributed by atoms with van der Waals surface area (Å²) in [7, 11) is 0. The van der Waals surface area contributed by atoms with E-state index in [0.29, 0.717) is 5.92 Å². The molecule has 0 bridgehead atoms. The van der Waals surface area contributed by atoms with Gasteiger partial charge in [-0.15, -0.1) is 11.3 Å². The SMILES string of the molecule is CCNc1nc(C2CCC2)nc2sc3c(c12)CCC3. The predicted octanol–water partition coefficient (Wildman–Crippen LogP) is 3.88. The molecule has 0 radical (unpaired) electrons. The Bertz CT molecular complexity index is 628. The van der Waals surface area contributed by atoms with Gasteiger partial charge in [-0.05, 0) is 44.6 Å². The molecule has 2 heterocycles. The monoisotopic (exact) mass is 273 g/mol. The second kappa shape index (κ2) is 4.44. The van der Waals surface area contributed by atoms with Crippen LogP contribution < -0.4 is 5.32 Å². The van der Waals surface area contributed by atoms with Gasteiger partial charge in [-0.1, -0.05) is 6.42 Å². The molecule has 3 nitrogen and oxygen atoms in total. The van der Waals surface area contributed by atoms with Crippen LogP contribution in [-0.2, 0) is 12.8 Å². The fourth-order valence-electron chi connectivity index (χ4n) is 3.16. The van der Waals surface area contributed by atoms with Crippen LogP contribution in [0.25, 0.3) is 10.2 Å². The third-order valence-corrected chi connectivity index (χ3v) is 5.58. The first-order valence-corrected chi connectivity index (χ1v) is 8.24. The highest BCUT2D eigenvalue weighted by atomic mass is 32.1. The first-order chi connectivity index (χ1) is 9.36. The van der Waals surface area contributed by atoms with E-state index < -0.39 is 0 Å². The summed E-state index contributed by atoms with van der Waals surface area (Å²) in [5.74, 6) is 2.78. The van der Waals surface area contributed by atoms with E-state index in [9.17, 15) is 0 Å². The Morgan fingerprint density at radius 3 is 2.84 bits per heavy atom. The average molecular weight is 273 g/mol. The maximum Gasteiger partial charge on any atom is 0.138 e. The highest BCUT2D eigenvalue weighted by molar-refractivity contribution is 7.19. The molecular formula is C15H19N3S. The molecule has 100 valence electrons. The summed E-state index contributed by atoms with van der Waals surface area (Å²) in [6.45, 7) is 3.07. The van der Waals surface area contributed by atoms with Crippen LogP contribution in [0.3, 0.4) is 0 Å². The first-order valence-electron chi connectivity index (χ1n) is 7.43. The van der Waals surface area contributed by atoms with Crippen LogP contribution in [0.15, 0.2) is 0 Å². The van der Waals surface area contributed by atoms with Gasteiger partial charge in [-0.3, -0.25) is 0 Å². The van der Waals surface area contributed by atoms with Crippen molar-refractivity contribution in [3.8, 4) is 0 Å². The van der Waals surface area contributed by atoms with Gasteiger partial charge >= 0.3 is 0 Å². The normalized spacial score (nSPS) is 18.6. The van der Waals surface area contributed by atoms with E-state index in [1.54, 1.807) is 4.88 Å². The molecule has 2 aliphatic carbocycles. The van der Waals surface area contributed by atoms with E-state index in [0.717, 1.165) is 18.2 Å². The van der Waals surface area contributed by atoms with E-state index in [4.69, 9.17) is 9.97 Å². The van der Waals surface area contributed by atoms with Gasteiger partial charge in [-0.25, -0.2) is 9.97 Å². The fourth-order valence-corrected chi connectivity index (χ4v) is 4.42. The number of fused-ring (bicyclic) bond motifs is 3. The lowest BCUT2D eigenvalue weighted by Crippen LogP contribution is -2.14. The van der Waals surface area contributed by atoms with Gasteiger partial charge in [0.05, 0.1) is 5.39 Å². The lowest BCUT2D eigenvalue weighted by atomic mass is 9.85. The molecule has 0 saturated heterocycles. The molecule has 0 aliphatic heterocycles. The summed E-state index contributed by atoms with van der Waals surface area (Å²) in [6, 6.07) is 0. The number of thiophene rings is 1. The number of hydrogen-bond donors (Lipinski definition) is 1. The van der Waals surface area contributed by atoms with Crippen molar-refractivity contribution in [1.82, 2.24) is 9.97 Å². The Morgan fingerprint density at radius 1 is 1.21 bits per heavy atom. The quantitative estimate of drug-likeness (QED) is 0.922. The minimum absolute atomic E-state index is 0.610. The molecule has 0 aromatic carbocycles. The topological polar surface area (TPSA) is 37.8 Å². The molecule has 1 saturated carbocycles. The lowest BCUT2D eigenvalue weighted by molar-refractivity contribution is 0.403. The summed E-state index contributed by atoms with van der Waals surface area (Å²) < 4.78 is 0. The first kappa shape index (κ1) is 11.6. The zero-order valence-corrected chi connectivity index (χ0v) is 12.1. The fraction of sp³-hybridized carbons (Fsp3) is 0.600. The number of aryl methyl sites for hydroxylation is 2. The summed E-state index contributed by atoms with van der Waals surface area (Å²) >= 11 is 1.90. The van der Waals surface area contributed by atoms with Crippen LogP contribution >= 0.6 is 11.3 Å². The Labute approximate surface area is 117 Å². The van der Waals surface area contributed by atoms with Gasteiger partial charge in [0.2, 0.25) is 0 Å². The molecule has 0 atom stereocenters. The molecule has 0 unspecified atom stereocenters. The molecule has 0 spiro atoms. The Morgan fingerprint density at radius 2 is 2.11 bits per heavy atom. The van der Waals surface area contributed by atoms with E-state index in [1.165, 1.54) is 54.3 Å². The van der Waals surface area contributed by atoms with Gasteiger partial charge < -0.3 is 5.32 Å². The zero-order chi connectivity index (χ0) is 12.8. The van der Waals surface area contributed by atoms with Gasteiger partial charge in [-0.2, -0.15) is 0 Å². The molecule has 1 fully saturated rings. The number of hydrogen-bond acceptors (Lipinski definition) is 4. The number of aromatic nitrogens is 2. The van der Waals surface area contributed by atoms with E-state index in [2.05, 4.69) is 12.2 Å². The molecule has 0 amide bonds. The van der Waals surface area contributed by atoms with Crippen molar-refractivity contribution in [3.05, 3.63) is 16.3 Å². The van der Waals surface area contributed by atoms with Crippen LogP contribution in [0.1, 0.15) is 54.8 Å². The van der Waals surface area contributed by atoms with Crippen molar-refractivity contribution in [2.45, 2.75) is 51.4 Å². The second-order valence-electron chi connectivity index (χ2n) is 5.63. The summed E-state index contributed by atoms with van der Waals surface area (Å²) in [4.78, 5) is 12.5. The molecule has 1 N–H and O–H groups in total. The standard InChI is InChI=1S/C15H19N3S/c1-2-16-14-12-10-7-4-8-11(10)19-15(12)18-13(17-14)9-5-3-6-9/h9H,2-8H2,1H3,(H,16,17,18). The van der Waals surface area contributed by atoms with Gasteiger partial charge in [0.1, 0.15) is 16.5 Å². The van der Waals surface area contributed by atoms with Crippen LogP contribution in [-0.4, -0.2) is 16.5 Å². The number of nitrogens with zero attached hydrogens (tertiary/aromatic N) is 2. The molecule has 2 aromatic rings. The van der Waals surface area contributed by atoms with Crippen LogP contribution in [0.5, 0.6) is 0 Å².